The Hall–Kier alpha value is -12.1. The number of imide groups is 1. The third kappa shape index (κ3) is 23.0. The lowest BCUT2D eigenvalue weighted by Crippen LogP contribution is -2.55. The summed E-state index contributed by atoms with van der Waals surface area (Å²) >= 11 is 1.65. The molecular formula is C94H105F3N10O28S2. The molecule has 10 amide bonds. The first-order valence-electron chi connectivity index (χ1n) is 44.4. The van der Waals surface area contributed by atoms with E-state index < -0.39 is 205 Å². The fourth-order valence-corrected chi connectivity index (χ4v) is 19.4. The zero-order chi connectivity index (χ0) is 98.0. The SMILES string of the molecule is COc1cccc2c1C(=O)c1c(O)c3c(c(O)c1C2=O)C[C@@](O)(C(=O)COC(=O)N(C)CCN(C)C(=O)OCc1ccc(NC(=O)[C@H](CCCNC(N)=O)CC(=O)[C@@H](NC(=O)COCCOc2ccc(N4C(=O)C(Sc5ccc(C(=O)N6CCOCC6)cc5)=C(Sc5ccc(C(=O)N6CCOCC6)cc5)C4=O)c(C(F)(F)F)c2)C(C)C)cc1)C[C@@H]3O[C@H]1C[C@H]2[C@H](O[C@@H]3[C@@H](OC)OCCN32)[C@H](C)O1. The van der Waals surface area contributed by atoms with E-state index in [2.05, 4.69) is 20.9 Å². The average molecular weight is 1940 g/mol. The van der Waals surface area contributed by atoms with E-state index >= 15 is 13.2 Å². The van der Waals surface area contributed by atoms with Crippen molar-refractivity contribution in [1.29, 1.82) is 0 Å². The topological polar surface area (TPSA) is 475 Å². The zero-order valence-corrected chi connectivity index (χ0v) is 77.5. The van der Waals surface area contributed by atoms with Crippen LogP contribution < -0.4 is 36.1 Å². The number of primary amides is 1. The number of ketones is 4. The van der Waals surface area contributed by atoms with E-state index in [9.17, 15) is 77.6 Å². The molecule has 2 aliphatic carbocycles. The van der Waals surface area contributed by atoms with Gasteiger partial charge >= 0.3 is 24.4 Å². The van der Waals surface area contributed by atoms with Crippen molar-refractivity contribution in [2.45, 2.75) is 137 Å². The number of Topliss-reactive ketones (excluding diaryl/α,β-unsaturated/α-hetero) is 2. The summed E-state index contributed by atoms with van der Waals surface area (Å²) < 4.78 is 115. The van der Waals surface area contributed by atoms with Gasteiger partial charge in [0.2, 0.25) is 23.4 Å². The smallest absolute Gasteiger partial charge is 0.418 e. The highest BCUT2D eigenvalue weighted by Crippen LogP contribution is 2.54. The number of nitrogens with one attached hydrogen (secondary N) is 3. The number of morpholine rings is 3. The zero-order valence-electron chi connectivity index (χ0n) is 75.9. The Morgan fingerprint density at radius 3 is 1.92 bits per heavy atom. The van der Waals surface area contributed by atoms with Gasteiger partial charge < -0.3 is 113 Å². The number of alkyl halides is 3. The first-order chi connectivity index (χ1) is 65.5. The minimum Gasteiger partial charge on any atom is -0.507 e. The van der Waals surface area contributed by atoms with Crippen LogP contribution in [0.3, 0.4) is 0 Å². The first-order valence-corrected chi connectivity index (χ1v) is 46.0. The number of thioether (sulfide) groups is 2. The lowest BCUT2D eigenvalue weighted by atomic mass is 9.72. The molecule has 0 aromatic heterocycles. The summed E-state index contributed by atoms with van der Waals surface area (Å²) in [6, 6.07) is 23.2. The molecule has 0 spiro atoms. The van der Waals surface area contributed by atoms with E-state index in [4.69, 9.17) is 62.6 Å². The molecule has 8 N–H and O–H groups in total. The number of nitrogens with zero attached hydrogens (tertiary/aromatic N) is 6. The largest absolute Gasteiger partial charge is 0.507 e. The minimum atomic E-state index is -5.17. The van der Waals surface area contributed by atoms with Crippen LogP contribution in [0.5, 0.6) is 23.0 Å². The van der Waals surface area contributed by atoms with Crippen molar-refractivity contribution in [2.75, 3.05) is 150 Å². The molecule has 6 aliphatic heterocycles. The number of hydrogen-bond donors (Lipinski definition) is 7. The second kappa shape index (κ2) is 44.1. The molecule has 0 radical (unpaired) electrons. The standard InChI is InChI=1S/C94H105F3N10O28S2/c1-50(2)75(101-69(110)49-128-40-41-129-57-21-26-63(62(43-57)94(95,96)97)107-86(118)81(136-58-22-15-53(16-23-58)84(116)104-30-35-126-36-31-104)82(87(107)119)137-59-24-17-54(18-25-59)85(117)105-32-37-127-38-33-105)65(108)42-55(10-9-27-99-90(98)120)83(115)100-56-19-13-52(14-20-56)47-131-91(121)102(4)28-29-103(5)92(122)132-48-68(109)93(123)45-61-72(79(114)74-73(77(61)112)76(111)60-11-8-12-66(124-6)71(60)78(74)113)67(46-93)134-70-44-64-80(51(3)133-70)135-88-89(125-7)130-39-34-106(64)88/h8,11-26,43,50-51,55,64,67,70,75,80,88-89,112,114,123H,9-10,27-42,44-49H2,1-7H3,(H,100,115)(H,101,110)(H3,98,99,120)/t51-,55+,64-,67-,70-,75-,80+,88+,89-,93-/m0/s1. The number of methoxy groups -OCH3 is 2. The fourth-order valence-electron chi connectivity index (χ4n) is 17.4. The second-order valence-corrected chi connectivity index (χ2v) is 36.3. The number of rotatable bonds is 36. The van der Waals surface area contributed by atoms with E-state index in [-0.39, 0.29) is 119 Å². The highest BCUT2D eigenvalue weighted by molar-refractivity contribution is 8.08. The van der Waals surface area contributed by atoms with Crippen molar-refractivity contribution in [2.24, 2.45) is 17.6 Å². The maximum atomic E-state index is 15.3. The van der Waals surface area contributed by atoms with Crippen LogP contribution in [0.2, 0.25) is 0 Å². The van der Waals surface area contributed by atoms with Gasteiger partial charge in [0.25, 0.3) is 23.6 Å². The van der Waals surface area contributed by atoms with Crippen molar-refractivity contribution in [3.05, 3.63) is 175 Å². The van der Waals surface area contributed by atoms with Crippen LogP contribution in [0, 0.1) is 11.8 Å². The number of likely N-dealkylation sites (N-methyl/N-ethyl adjacent to an activating group) is 2. The molecule has 6 aromatic carbocycles. The molecule has 38 nitrogen and oxygen atoms in total. The monoisotopic (exact) mass is 1940 g/mol. The molecule has 137 heavy (non-hydrogen) atoms. The number of halogens is 3. The van der Waals surface area contributed by atoms with Crippen LogP contribution in [0.1, 0.15) is 134 Å². The van der Waals surface area contributed by atoms with E-state index in [0.717, 1.165) is 45.5 Å². The Kier molecular flexibility index (Phi) is 32.5. The number of nitrogens with two attached hydrogens (primary N) is 1. The number of fused-ring (bicyclic) bond motifs is 6. The van der Waals surface area contributed by atoms with Gasteiger partial charge in [0.15, 0.2) is 37.0 Å². The molecule has 6 heterocycles. The normalized spacial score (nSPS) is 21.3. The van der Waals surface area contributed by atoms with Crippen LogP contribution in [0.15, 0.2) is 129 Å². The van der Waals surface area contributed by atoms with Gasteiger partial charge in [0, 0.05) is 155 Å². The van der Waals surface area contributed by atoms with E-state index in [1.165, 1.54) is 58.6 Å². The Labute approximate surface area is 792 Å². The fraction of sp³-hybridized carbons (Fsp3) is 0.457. The molecule has 732 valence electrons. The number of hydrogen-bond acceptors (Lipinski definition) is 31. The minimum absolute atomic E-state index is 0.0260. The van der Waals surface area contributed by atoms with Crippen molar-refractivity contribution in [3.8, 4) is 23.0 Å². The third-order valence-electron chi connectivity index (χ3n) is 24.7. The highest BCUT2D eigenvalue weighted by Gasteiger charge is 2.56. The molecule has 43 heteroatoms. The predicted molar refractivity (Wildman–Crippen MR) is 480 cm³/mol. The van der Waals surface area contributed by atoms with Crippen LogP contribution in [0.25, 0.3) is 0 Å². The maximum Gasteiger partial charge on any atom is 0.418 e. The van der Waals surface area contributed by atoms with Crippen molar-refractivity contribution in [1.82, 2.24) is 35.1 Å². The Morgan fingerprint density at radius 2 is 1.33 bits per heavy atom. The molecule has 8 aliphatic rings. The summed E-state index contributed by atoms with van der Waals surface area (Å²) in [5.74, 6) is -10.8. The number of aromatic hydroxyl groups is 2. The van der Waals surface area contributed by atoms with Gasteiger partial charge in [0.1, 0.15) is 54.5 Å². The summed E-state index contributed by atoms with van der Waals surface area (Å²) in [6.07, 6.45) is -13.5. The van der Waals surface area contributed by atoms with Crippen LogP contribution in [-0.2, 0) is 95.3 Å². The van der Waals surface area contributed by atoms with Gasteiger partial charge in [-0.3, -0.25) is 52.8 Å². The number of anilines is 2. The van der Waals surface area contributed by atoms with Crippen LogP contribution >= 0.6 is 23.5 Å². The van der Waals surface area contributed by atoms with E-state index in [1.807, 2.05) is 0 Å². The van der Waals surface area contributed by atoms with Crippen LogP contribution in [-0.4, -0.2) is 305 Å². The summed E-state index contributed by atoms with van der Waals surface area (Å²) in [4.78, 5) is 187. The number of carbonyl (C=O) groups is 13. The molecule has 0 bridgehead atoms. The number of phenols is 2. The maximum absolute atomic E-state index is 15.3. The highest BCUT2D eigenvalue weighted by atomic mass is 32.2. The van der Waals surface area contributed by atoms with Gasteiger partial charge in [-0.25, -0.2) is 19.3 Å². The Bertz CT molecular complexity index is 5530. The van der Waals surface area contributed by atoms with Gasteiger partial charge in [-0.1, -0.05) is 61.6 Å². The predicted octanol–water partition coefficient (Wildman–Crippen LogP) is 7.89. The van der Waals surface area contributed by atoms with Crippen molar-refractivity contribution >= 4 is 112 Å². The average Bonchev–Trinajstić information content (AvgIpc) is 1.11. The first kappa shape index (κ1) is 101. The van der Waals surface area contributed by atoms with Gasteiger partial charge in [-0.2, -0.15) is 13.2 Å². The summed E-state index contributed by atoms with van der Waals surface area (Å²) in [5.41, 5.74) is 0.0489. The third-order valence-corrected chi connectivity index (χ3v) is 27.0. The number of urea groups is 1. The number of amides is 10. The number of ether oxygens (including phenoxy) is 12. The van der Waals surface area contributed by atoms with E-state index in [0.29, 0.717) is 103 Å². The number of benzene rings is 6. The number of carbonyl (C=O) groups excluding carboxylic acids is 13. The van der Waals surface area contributed by atoms with Crippen molar-refractivity contribution in [3.63, 3.8) is 0 Å². The Balaban J connectivity index is 0.544. The van der Waals surface area contributed by atoms with Crippen LogP contribution in [0.4, 0.5) is 38.9 Å². The van der Waals surface area contributed by atoms with E-state index in [1.54, 1.807) is 91.2 Å². The van der Waals surface area contributed by atoms with Gasteiger partial charge in [0.05, 0.1) is 103 Å². The quantitative estimate of drug-likeness (QED) is 0.0111. The molecule has 5 fully saturated rings. The molecule has 10 atom stereocenters. The second-order valence-electron chi connectivity index (χ2n) is 34.1. The Morgan fingerprint density at radius 1 is 0.715 bits per heavy atom. The van der Waals surface area contributed by atoms with Gasteiger partial charge in [-0.15, -0.1) is 0 Å². The molecule has 5 saturated heterocycles. The molecular weight excluding hydrogens is 1840 g/mol. The number of phenolic OH excluding ortho intramolecular Hbond substituents is 2. The lowest BCUT2D eigenvalue weighted by molar-refractivity contribution is -0.256. The summed E-state index contributed by atoms with van der Waals surface area (Å²) in [6.45, 7) is 5.87. The molecule has 0 unspecified atom stereocenters. The molecule has 6 aromatic rings. The van der Waals surface area contributed by atoms with Crippen molar-refractivity contribution < 1.29 is 148 Å². The summed E-state index contributed by atoms with van der Waals surface area (Å²) in [7, 11) is 5.50. The molecule has 0 saturated carbocycles. The van der Waals surface area contributed by atoms with Gasteiger partial charge in [-0.05, 0) is 116 Å². The summed E-state index contributed by atoms with van der Waals surface area (Å²) in [5, 5.41) is 44.8. The lowest BCUT2D eigenvalue weighted by Gasteiger charge is -2.43. The molecule has 14 rings (SSSR count). The number of aliphatic hydroxyl groups is 1.